The highest BCUT2D eigenvalue weighted by molar-refractivity contribution is 9.10. The summed E-state index contributed by atoms with van der Waals surface area (Å²) in [5, 5.41) is 20.5. The van der Waals surface area contributed by atoms with Crippen LogP contribution in [0.15, 0.2) is 91.9 Å². The van der Waals surface area contributed by atoms with E-state index in [1.54, 1.807) is 30.5 Å². The number of halogens is 2. The monoisotopic (exact) mass is 600 g/mol. The fourth-order valence-electron chi connectivity index (χ4n) is 3.11. The van der Waals surface area contributed by atoms with Crippen LogP contribution in [0.2, 0.25) is 0 Å². The van der Waals surface area contributed by atoms with Crippen molar-refractivity contribution in [3.05, 3.63) is 87.3 Å². The summed E-state index contributed by atoms with van der Waals surface area (Å²) in [7, 11) is 0. The van der Waals surface area contributed by atoms with E-state index in [-0.39, 0.29) is 24.0 Å². The molecule has 34 heavy (non-hydrogen) atoms. The SMILES string of the molecule is O=C(C[C@H]1S/C(=N/N=C\c2ccc(Br)cc2)N(c2ccc(O)cc2)C1=O)Nc1ccc(Br)cc1. The van der Waals surface area contributed by atoms with Crippen molar-refractivity contribution < 1.29 is 14.7 Å². The molecular weight excluding hydrogens is 584 g/mol. The van der Waals surface area contributed by atoms with Gasteiger partial charge >= 0.3 is 0 Å². The second-order valence-electron chi connectivity index (χ2n) is 7.23. The minimum Gasteiger partial charge on any atom is -0.508 e. The predicted octanol–water partition coefficient (Wildman–Crippen LogP) is 5.78. The van der Waals surface area contributed by atoms with Gasteiger partial charge in [0.05, 0.1) is 11.9 Å². The summed E-state index contributed by atoms with van der Waals surface area (Å²) in [5.74, 6) is -0.474. The van der Waals surface area contributed by atoms with Gasteiger partial charge in [0.1, 0.15) is 11.0 Å². The number of phenolic OH excluding ortho intramolecular Hbond substituents is 1. The largest absolute Gasteiger partial charge is 0.508 e. The van der Waals surface area contributed by atoms with Crippen molar-refractivity contribution in [3.8, 4) is 5.75 Å². The number of rotatable bonds is 6. The molecule has 10 heteroatoms. The van der Waals surface area contributed by atoms with Gasteiger partial charge < -0.3 is 10.4 Å². The molecule has 7 nitrogen and oxygen atoms in total. The van der Waals surface area contributed by atoms with Gasteiger partial charge in [0.2, 0.25) is 11.8 Å². The van der Waals surface area contributed by atoms with E-state index in [9.17, 15) is 14.7 Å². The molecule has 4 rings (SSSR count). The van der Waals surface area contributed by atoms with Crippen molar-refractivity contribution in [2.24, 2.45) is 10.2 Å². The third-order valence-electron chi connectivity index (χ3n) is 4.76. The van der Waals surface area contributed by atoms with Crippen LogP contribution in [0.3, 0.4) is 0 Å². The molecular formula is C24H18Br2N4O3S. The lowest BCUT2D eigenvalue weighted by Gasteiger charge is -2.16. The van der Waals surface area contributed by atoms with Crippen LogP contribution in [-0.2, 0) is 9.59 Å². The number of benzene rings is 3. The first-order valence-corrected chi connectivity index (χ1v) is 12.6. The summed E-state index contributed by atoms with van der Waals surface area (Å²) in [6.45, 7) is 0. The molecule has 0 saturated carbocycles. The lowest BCUT2D eigenvalue weighted by Crippen LogP contribution is -2.33. The molecule has 172 valence electrons. The number of anilines is 2. The molecule has 0 aliphatic carbocycles. The average Bonchev–Trinajstić information content (AvgIpc) is 3.12. The van der Waals surface area contributed by atoms with E-state index < -0.39 is 5.25 Å². The summed E-state index contributed by atoms with van der Waals surface area (Å²) in [6.07, 6.45) is 1.57. The molecule has 0 unspecified atom stereocenters. The molecule has 2 amide bonds. The van der Waals surface area contributed by atoms with Crippen molar-refractivity contribution in [1.82, 2.24) is 0 Å². The van der Waals surface area contributed by atoms with Gasteiger partial charge in [-0.05, 0) is 66.2 Å². The minimum atomic E-state index is -0.661. The topological polar surface area (TPSA) is 94.4 Å². The molecule has 0 aromatic heterocycles. The smallest absolute Gasteiger partial charge is 0.247 e. The highest BCUT2D eigenvalue weighted by atomic mass is 79.9. The first-order chi connectivity index (χ1) is 16.4. The Morgan fingerprint density at radius 1 is 1.00 bits per heavy atom. The summed E-state index contributed by atoms with van der Waals surface area (Å²) >= 11 is 7.93. The zero-order chi connectivity index (χ0) is 24.1. The van der Waals surface area contributed by atoms with Crippen LogP contribution >= 0.6 is 43.6 Å². The molecule has 0 radical (unpaired) electrons. The third kappa shape index (κ3) is 6.13. The number of nitrogens with one attached hydrogen (secondary N) is 1. The van der Waals surface area contributed by atoms with Crippen LogP contribution < -0.4 is 10.2 Å². The van der Waals surface area contributed by atoms with Crippen LogP contribution in [-0.4, -0.2) is 33.6 Å². The van der Waals surface area contributed by atoms with Gasteiger partial charge in [-0.15, -0.1) is 5.10 Å². The fourth-order valence-corrected chi connectivity index (χ4v) is 4.73. The number of nitrogens with zero attached hydrogens (tertiary/aromatic N) is 3. The number of carbonyl (C=O) groups is 2. The van der Waals surface area contributed by atoms with E-state index in [1.165, 1.54) is 28.8 Å². The van der Waals surface area contributed by atoms with Gasteiger partial charge in [-0.25, -0.2) is 0 Å². The Morgan fingerprint density at radius 2 is 1.62 bits per heavy atom. The zero-order valence-electron chi connectivity index (χ0n) is 17.6. The molecule has 1 saturated heterocycles. The Labute approximate surface area is 217 Å². The van der Waals surface area contributed by atoms with Crippen LogP contribution in [0, 0.1) is 0 Å². The van der Waals surface area contributed by atoms with Gasteiger partial charge in [0, 0.05) is 21.1 Å². The summed E-state index contributed by atoms with van der Waals surface area (Å²) in [4.78, 5) is 27.2. The van der Waals surface area contributed by atoms with Gasteiger partial charge in [0.15, 0.2) is 5.17 Å². The fraction of sp³-hybridized carbons (Fsp3) is 0.0833. The number of aromatic hydroxyl groups is 1. The molecule has 1 fully saturated rings. The highest BCUT2D eigenvalue weighted by Gasteiger charge is 2.40. The molecule has 0 spiro atoms. The molecule has 0 bridgehead atoms. The van der Waals surface area contributed by atoms with E-state index in [0.29, 0.717) is 16.5 Å². The van der Waals surface area contributed by atoms with Gasteiger partial charge in [-0.2, -0.15) is 5.10 Å². The van der Waals surface area contributed by atoms with E-state index in [1.807, 2.05) is 36.4 Å². The van der Waals surface area contributed by atoms with Crippen molar-refractivity contribution in [3.63, 3.8) is 0 Å². The second kappa shape index (κ2) is 11.0. The Morgan fingerprint density at radius 3 is 2.26 bits per heavy atom. The molecule has 1 atom stereocenters. The van der Waals surface area contributed by atoms with Crippen LogP contribution in [0.25, 0.3) is 0 Å². The number of thioether (sulfide) groups is 1. The number of carbonyl (C=O) groups excluding carboxylic acids is 2. The predicted molar refractivity (Wildman–Crippen MR) is 144 cm³/mol. The van der Waals surface area contributed by atoms with Crippen molar-refractivity contribution in [2.75, 3.05) is 10.2 Å². The number of hydrogen-bond acceptors (Lipinski definition) is 6. The summed E-state index contributed by atoms with van der Waals surface area (Å²) in [6, 6.07) is 21.0. The van der Waals surface area contributed by atoms with Gasteiger partial charge in [-0.3, -0.25) is 14.5 Å². The molecule has 3 aromatic rings. The first kappa shape index (κ1) is 24.2. The normalized spacial score (nSPS) is 17.0. The number of amides is 2. The number of amidine groups is 1. The quantitative estimate of drug-likeness (QED) is 0.276. The van der Waals surface area contributed by atoms with E-state index in [4.69, 9.17) is 0 Å². The maximum atomic E-state index is 13.2. The van der Waals surface area contributed by atoms with E-state index in [2.05, 4.69) is 47.4 Å². The molecule has 2 N–H and O–H groups in total. The Balaban J connectivity index is 1.53. The minimum absolute atomic E-state index is 0.0242. The maximum absolute atomic E-state index is 13.2. The summed E-state index contributed by atoms with van der Waals surface area (Å²) in [5.41, 5.74) is 2.03. The van der Waals surface area contributed by atoms with Crippen LogP contribution in [0.4, 0.5) is 11.4 Å². The third-order valence-corrected chi connectivity index (χ3v) is 6.95. The zero-order valence-corrected chi connectivity index (χ0v) is 21.5. The van der Waals surface area contributed by atoms with E-state index in [0.717, 1.165) is 14.5 Å². The number of hydrogen-bond donors (Lipinski definition) is 2. The Hall–Kier alpha value is -2.95. The maximum Gasteiger partial charge on any atom is 0.247 e. The average molecular weight is 602 g/mol. The number of phenols is 1. The molecule has 1 aliphatic rings. The molecule has 1 heterocycles. The van der Waals surface area contributed by atoms with Crippen molar-refractivity contribution in [2.45, 2.75) is 11.7 Å². The lowest BCUT2D eigenvalue weighted by atomic mass is 10.2. The second-order valence-corrected chi connectivity index (χ2v) is 10.2. The van der Waals surface area contributed by atoms with Crippen molar-refractivity contribution in [1.29, 1.82) is 0 Å². The lowest BCUT2D eigenvalue weighted by molar-refractivity contribution is -0.121. The standard InChI is InChI=1S/C24H18Br2N4O3S/c25-16-3-1-15(2-4-16)14-27-29-24-30(19-9-11-20(31)12-10-19)23(33)21(34-24)13-22(32)28-18-7-5-17(26)6-8-18/h1-12,14,21,31H,13H2,(H,28,32)/b27-14-,29-24+/t21-/m1/s1. The first-order valence-electron chi connectivity index (χ1n) is 10.1. The van der Waals surface area contributed by atoms with E-state index >= 15 is 0 Å². The Kier molecular flexibility index (Phi) is 7.81. The van der Waals surface area contributed by atoms with Gasteiger partial charge in [-0.1, -0.05) is 55.8 Å². The van der Waals surface area contributed by atoms with Crippen molar-refractivity contribution >= 4 is 78.2 Å². The Bertz CT molecular complexity index is 1250. The van der Waals surface area contributed by atoms with Gasteiger partial charge in [0.25, 0.3) is 0 Å². The molecule has 1 aliphatic heterocycles. The highest BCUT2D eigenvalue weighted by Crippen LogP contribution is 2.34. The summed E-state index contributed by atoms with van der Waals surface area (Å²) < 4.78 is 1.86. The van der Waals surface area contributed by atoms with Crippen LogP contribution in [0.1, 0.15) is 12.0 Å². The molecule has 3 aromatic carbocycles. The van der Waals surface area contributed by atoms with Crippen LogP contribution in [0.5, 0.6) is 5.75 Å².